The molecule has 9 nitrogen and oxygen atoms in total. The van der Waals surface area contributed by atoms with Crippen LogP contribution in [-0.2, 0) is 23.7 Å². The number of halogens is 2. The van der Waals surface area contributed by atoms with E-state index in [4.69, 9.17) is 26.2 Å². The molecule has 3 aliphatic heterocycles. The van der Waals surface area contributed by atoms with Crippen molar-refractivity contribution in [3.05, 3.63) is 82.2 Å². The summed E-state index contributed by atoms with van der Waals surface area (Å²) in [5.74, 6) is -0.250. The third-order valence-corrected chi connectivity index (χ3v) is 11.0. The average molecular weight is 618 g/mol. The Bertz CT molecular complexity index is 1540. The van der Waals surface area contributed by atoms with Crippen molar-refractivity contribution in [2.24, 2.45) is 0 Å². The molecule has 3 N–H and O–H groups in total. The Kier molecular flexibility index (Phi) is 7.73. The number of rotatable bonds is 8. The van der Waals surface area contributed by atoms with E-state index in [1.165, 1.54) is 12.1 Å². The van der Waals surface area contributed by atoms with Gasteiger partial charge in [0.2, 0.25) is 0 Å². The van der Waals surface area contributed by atoms with Gasteiger partial charge in [-0.3, -0.25) is 14.0 Å². The molecule has 2 atom stereocenters. The Morgan fingerprint density at radius 2 is 2.00 bits per heavy atom. The summed E-state index contributed by atoms with van der Waals surface area (Å²) in [6.07, 6.45) is 6.64. The third kappa shape index (κ3) is 5.63. The van der Waals surface area contributed by atoms with Gasteiger partial charge in [0.25, 0.3) is 5.79 Å². The molecule has 3 aromatic rings. The van der Waals surface area contributed by atoms with Crippen molar-refractivity contribution in [2.45, 2.75) is 56.2 Å². The molecule has 1 aromatic heterocycles. The van der Waals surface area contributed by atoms with E-state index in [1.807, 2.05) is 22.8 Å². The zero-order valence-corrected chi connectivity index (χ0v) is 24.7. The van der Waals surface area contributed by atoms with Crippen molar-refractivity contribution in [1.82, 2.24) is 14.5 Å². The normalized spacial score (nSPS) is 24.5. The molecular formula is C30H33ClFN3O6S. The van der Waals surface area contributed by atoms with Gasteiger partial charge in [0, 0.05) is 35.9 Å². The maximum Gasteiger partial charge on any atom is 0.328 e. The number of hydrogen-bond acceptors (Lipinski definition) is 7. The van der Waals surface area contributed by atoms with Crippen molar-refractivity contribution in [3.8, 4) is 11.5 Å². The SMILES string of the molecule is CC1(c2ccc(Cl)cc2F)Oc2cccc(C3CCN(Cc4ncc(/C=C/C(=O)O)n4CC4CCS4(O)O)CC3)c2O1. The van der Waals surface area contributed by atoms with Crippen LogP contribution < -0.4 is 9.47 Å². The standard InChI is InChI=1S/C30H33ClFN3O6S/c1-30(24-7-5-20(31)15-25(24)32)40-26-4-2-3-23(29(26)41-30)19-9-12-34(13-10-19)18-27-33-16-21(6-8-28(36)37)35(27)17-22-11-14-42(22,38)39/h2-8,15-16,19,22,38-39H,9-14,17-18H2,1H3,(H,36,37)/b8-6+. The maximum atomic E-state index is 14.8. The average Bonchev–Trinajstić information content (AvgIpc) is 3.49. The molecule has 0 aliphatic carbocycles. The van der Waals surface area contributed by atoms with Gasteiger partial charge in [0.15, 0.2) is 11.5 Å². The monoisotopic (exact) mass is 617 g/mol. The predicted molar refractivity (Wildman–Crippen MR) is 159 cm³/mol. The van der Waals surface area contributed by atoms with Crippen LogP contribution in [0.3, 0.4) is 0 Å². The van der Waals surface area contributed by atoms with Crippen LogP contribution >= 0.6 is 22.2 Å². The fraction of sp³-hybridized carbons (Fsp3) is 0.400. The number of carboxylic acids is 1. The molecule has 42 heavy (non-hydrogen) atoms. The van der Waals surface area contributed by atoms with Crippen LogP contribution in [0.5, 0.6) is 11.5 Å². The number of aromatic nitrogens is 2. The Labute approximate surface area is 249 Å². The Hall–Kier alpha value is -3.09. The second-order valence-corrected chi connectivity index (χ2v) is 14.2. The highest BCUT2D eigenvalue weighted by Crippen LogP contribution is 2.56. The van der Waals surface area contributed by atoms with Crippen molar-refractivity contribution >= 4 is 34.2 Å². The van der Waals surface area contributed by atoms with Gasteiger partial charge in [-0.15, -0.1) is 0 Å². The molecule has 2 fully saturated rings. The minimum Gasteiger partial charge on any atom is -0.478 e. The molecule has 0 amide bonds. The van der Waals surface area contributed by atoms with Crippen LogP contribution in [0.2, 0.25) is 5.02 Å². The number of para-hydroxylation sites is 1. The van der Waals surface area contributed by atoms with Gasteiger partial charge >= 0.3 is 5.97 Å². The van der Waals surface area contributed by atoms with Crippen molar-refractivity contribution in [1.29, 1.82) is 0 Å². The molecule has 2 unspecified atom stereocenters. The van der Waals surface area contributed by atoms with Gasteiger partial charge in [0.1, 0.15) is 11.6 Å². The third-order valence-electron chi connectivity index (χ3n) is 8.45. The van der Waals surface area contributed by atoms with E-state index < -0.39 is 28.2 Å². The van der Waals surface area contributed by atoms with E-state index in [2.05, 4.69) is 9.88 Å². The van der Waals surface area contributed by atoms with E-state index in [9.17, 15) is 18.3 Å². The van der Waals surface area contributed by atoms with E-state index in [0.717, 1.165) is 43.4 Å². The van der Waals surface area contributed by atoms with Gasteiger partial charge in [0.05, 0.1) is 29.2 Å². The van der Waals surface area contributed by atoms with Crippen LogP contribution in [0, 0.1) is 5.82 Å². The quantitative estimate of drug-likeness (QED) is 0.251. The van der Waals surface area contributed by atoms with Gasteiger partial charge in [-0.2, -0.15) is 10.6 Å². The van der Waals surface area contributed by atoms with Gasteiger partial charge in [-0.1, -0.05) is 23.7 Å². The highest BCUT2D eigenvalue weighted by Gasteiger charge is 2.43. The minimum absolute atomic E-state index is 0.217. The summed E-state index contributed by atoms with van der Waals surface area (Å²) in [6, 6.07) is 10.3. The summed E-state index contributed by atoms with van der Waals surface area (Å²) >= 11 is 5.95. The molecule has 6 rings (SSSR count). The summed E-state index contributed by atoms with van der Waals surface area (Å²) in [5, 5.41) is 9.14. The summed E-state index contributed by atoms with van der Waals surface area (Å²) in [6.45, 7) is 4.23. The van der Waals surface area contributed by atoms with Gasteiger partial charge < -0.3 is 19.1 Å². The van der Waals surface area contributed by atoms with Gasteiger partial charge in [-0.05, 0) is 68.6 Å². The number of likely N-dealkylation sites (tertiary alicyclic amines) is 1. The molecular weight excluding hydrogens is 585 g/mol. The fourth-order valence-corrected chi connectivity index (χ4v) is 7.54. The number of piperidine rings is 1. The summed E-state index contributed by atoms with van der Waals surface area (Å²) < 4.78 is 49.7. The molecule has 2 saturated heterocycles. The van der Waals surface area contributed by atoms with Crippen molar-refractivity contribution in [3.63, 3.8) is 0 Å². The second kappa shape index (κ2) is 11.2. The van der Waals surface area contributed by atoms with E-state index in [-0.39, 0.29) is 16.7 Å². The largest absolute Gasteiger partial charge is 0.478 e. The zero-order valence-electron chi connectivity index (χ0n) is 23.1. The first-order valence-corrected chi connectivity index (χ1v) is 16.1. The zero-order chi connectivity index (χ0) is 29.6. The van der Waals surface area contributed by atoms with E-state index >= 15 is 0 Å². The number of carboxylic acid groups (broad SMARTS) is 1. The first-order valence-electron chi connectivity index (χ1n) is 13.9. The summed E-state index contributed by atoms with van der Waals surface area (Å²) in [7, 11) is -2.62. The number of carbonyl (C=O) groups is 1. The topological polar surface area (TPSA) is 117 Å². The van der Waals surface area contributed by atoms with Crippen LogP contribution in [0.1, 0.15) is 54.7 Å². The molecule has 0 spiro atoms. The van der Waals surface area contributed by atoms with Crippen LogP contribution in [-0.4, -0.2) is 58.7 Å². The molecule has 12 heteroatoms. The smallest absolute Gasteiger partial charge is 0.328 e. The molecule has 3 aliphatic rings. The summed E-state index contributed by atoms with van der Waals surface area (Å²) in [4.78, 5) is 18.0. The minimum atomic E-state index is -2.62. The number of benzene rings is 2. The van der Waals surface area contributed by atoms with E-state index in [0.29, 0.717) is 47.5 Å². The fourth-order valence-electron chi connectivity index (χ4n) is 6.00. The highest BCUT2D eigenvalue weighted by molar-refractivity contribution is 8.25. The Morgan fingerprint density at radius 3 is 2.67 bits per heavy atom. The molecule has 0 bridgehead atoms. The van der Waals surface area contributed by atoms with Crippen LogP contribution in [0.15, 0.2) is 48.7 Å². The molecule has 0 saturated carbocycles. The lowest BCUT2D eigenvalue weighted by Crippen LogP contribution is -2.38. The van der Waals surface area contributed by atoms with Crippen LogP contribution in [0.4, 0.5) is 4.39 Å². The van der Waals surface area contributed by atoms with Crippen molar-refractivity contribution in [2.75, 3.05) is 18.8 Å². The van der Waals surface area contributed by atoms with Crippen LogP contribution in [0.25, 0.3) is 6.08 Å². The van der Waals surface area contributed by atoms with Gasteiger partial charge in [-0.25, -0.2) is 14.2 Å². The first kappa shape index (κ1) is 29.0. The number of nitrogens with zero attached hydrogens (tertiary/aromatic N) is 3. The highest BCUT2D eigenvalue weighted by atomic mass is 35.5. The Balaban J connectivity index is 1.15. The Morgan fingerprint density at radius 1 is 1.21 bits per heavy atom. The number of fused-ring (bicyclic) bond motifs is 1. The van der Waals surface area contributed by atoms with Crippen molar-refractivity contribution < 1.29 is 32.9 Å². The molecule has 2 aromatic carbocycles. The van der Waals surface area contributed by atoms with E-state index in [1.54, 1.807) is 25.3 Å². The molecule has 0 radical (unpaired) electrons. The lowest BCUT2D eigenvalue weighted by Gasteiger charge is -2.49. The predicted octanol–water partition coefficient (Wildman–Crippen LogP) is 6.32. The number of ether oxygens (including phenoxy) is 2. The lowest BCUT2D eigenvalue weighted by molar-refractivity contribution is -0.131. The number of aliphatic carboxylic acids is 1. The lowest BCUT2D eigenvalue weighted by atomic mass is 9.88. The first-order chi connectivity index (χ1) is 20.0. The number of hydrogen-bond donors (Lipinski definition) is 3. The maximum absolute atomic E-state index is 14.8. The second-order valence-electron chi connectivity index (χ2n) is 11.2. The number of imidazole rings is 1. The summed E-state index contributed by atoms with van der Waals surface area (Å²) in [5.41, 5.74) is 1.93. The molecule has 224 valence electrons. The molecule has 4 heterocycles.